The van der Waals surface area contributed by atoms with Crippen molar-refractivity contribution in [2.75, 3.05) is 31.6 Å². The van der Waals surface area contributed by atoms with Gasteiger partial charge in [-0.1, -0.05) is 23.4 Å². The zero-order valence-corrected chi connectivity index (χ0v) is 15.6. The highest BCUT2D eigenvalue weighted by Gasteiger charge is 2.32. The third-order valence-corrected chi connectivity index (χ3v) is 5.38. The number of hydrogen-bond donors (Lipinski definition) is 1. The molecule has 0 aliphatic carbocycles. The van der Waals surface area contributed by atoms with E-state index in [-0.39, 0.29) is 0 Å². The summed E-state index contributed by atoms with van der Waals surface area (Å²) < 4.78 is 4.89. The second-order valence-electron chi connectivity index (χ2n) is 7.03. The number of carbonyl (C=O) groups is 1. The number of guanidine groups is 1. The van der Waals surface area contributed by atoms with E-state index in [1.807, 2.05) is 11.0 Å². The predicted molar refractivity (Wildman–Crippen MR) is 104 cm³/mol. The predicted octanol–water partition coefficient (Wildman–Crippen LogP) is 2.37. The first kappa shape index (κ1) is 17.6. The largest absolute Gasteiger partial charge is 0.364 e. The fraction of sp³-hybridized carbons (Fsp3) is 0.450. The van der Waals surface area contributed by atoms with Gasteiger partial charge in [0.2, 0.25) is 5.91 Å². The van der Waals surface area contributed by atoms with Crippen molar-refractivity contribution in [2.24, 2.45) is 4.99 Å². The quantitative estimate of drug-likeness (QED) is 0.649. The first-order valence-electron chi connectivity index (χ1n) is 9.50. The Morgan fingerprint density at radius 2 is 2.26 bits per heavy atom. The summed E-state index contributed by atoms with van der Waals surface area (Å²) >= 11 is 0. The molecule has 2 aliphatic rings. The Morgan fingerprint density at radius 3 is 3.00 bits per heavy atom. The van der Waals surface area contributed by atoms with Gasteiger partial charge in [-0.3, -0.25) is 9.79 Å². The number of aromatic nitrogens is 1. The molecule has 0 saturated carbocycles. The summed E-state index contributed by atoms with van der Waals surface area (Å²) in [5, 5.41) is 7.31. The molecule has 2 aliphatic heterocycles. The molecule has 0 spiro atoms. The number of para-hydroxylation sites is 1. The molecule has 3 heterocycles. The van der Waals surface area contributed by atoms with Gasteiger partial charge in [0, 0.05) is 50.8 Å². The van der Waals surface area contributed by atoms with Crippen LogP contribution in [0.1, 0.15) is 36.4 Å². The van der Waals surface area contributed by atoms with Gasteiger partial charge in [0.1, 0.15) is 12.0 Å². The summed E-state index contributed by atoms with van der Waals surface area (Å²) in [5.74, 6) is 1.51. The topological polar surface area (TPSA) is 74.0 Å². The van der Waals surface area contributed by atoms with Crippen molar-refractivity contribution in [3.8, 4) is 0 Å². The Balaban J connectivity index is 1.46. The third kappa shape index (κ3) is 3.67. The lowest BCUT2D eigenvalue weighted by Crippen LogP contribution is -2.40. The number of amides is 1. The molecule has 1 unspecified atom stereocenters. The van der Waals surface area contributed by atoms with Crippen molar-refractivity contribution in [3.05, 3.63) is 47.9 Å². The number of nitrogens with one attached hydrogen (secondary N) is 1. The van der Waals surface area contributed by atoms with E-state index in [0.29, 0.717) is 24.8 Å². The van der Waals surface area contributed by atoms with Gasteiger partial charge in [-0.15, -0.1) is 0 Å². The van der Waals surface area contributed by atoms with Gasteiger partial charge in [0.05, 0.1) is 6.54 Å². The number of fused-ring (bicyclic) bond motifs is 1. The van der Waals surface area contributed by atoms with E-state index >= 15 is 0 Å². The van der Waals surface area contributed by atoms with Crippen LogP contribution in [0.5, 0.6) is 0 Å². The molecule has 7 heteroatoms. The van der Waals surface area contributed by atoms with Crippen LogP contribution in [0.15, 0.2) is 46.1 Å². The maximum absolute atomic E-state index is 11.9. The molecule has 0 bridgehead atoms. The normalized spacial score (nSPS) is 19.7. The average molecular weight is 367 g/mol. The number of nitrogens with zero attached hydrogens (tertiary/aromatic N) is 4. The molecule has 1 aromatic carbocycles. The summed E-state index contributed by atoms with van der Waals surface area (Å²) in [5.41, 5.74) is 3.35. The van der Waals surface area contributed by atoms with Gasteiger partial charge in [-0.25, -0.2) is 0 Å². The van der Waals surface area contributed by atoms with Crippen LogP contribution in [-0.2, 0) is 11.3 Å². The fourth-order valence-corrected chi connectivity index (χ4v) is 3.99. The zero-order valence-electron chi connectivity index (χ0n) is 15.6. The van der Waals surface area contributed by atoms with E-state index in [0.717, 1.165) is 44.1 Å². The first-order chi connectivity index (χ1) is 13.3. The number of aliphatic imine (C=N–C) groups is 1. The molecule has 2 aromatic rings. The molecule has 1 fully saturated rings. The maximum Gasteiger partial charge on any atom is 0.222 e. The van der Waals surface area contributed by atoms with Gasteiger partial charge in [0.25, 0.3) is 0 Å². The number of benzene rings is 1. The molecule has 1 amide bonds. The third-order valence-electron chi connectivity index (χ3n) is 5.38. The fourth-order valence-electron chi connectivity index (χ4n) is 3.99. The van der Waals surface area contributed by atoms with Crippen molar-refractivity contribution in [1.29, 1.82) is 0 Å². The SMILES string of the molecule is CN=C(NCc1ccon1)N1CC(CCN2CCCC2=O)c2ccccc21. The first-order valence-corrected chi connectivity index (χ1v) is 9.50. The van der Waals surface area contributed by atoms with E-state index in [2.05, 4.69) is 44.6 Å². The van der Waals surface area contributed by atoms with Crippen LogP contribution in [0.25, 0.3) is 0 Å². The highest BCUT2D eigenvalue weighted by Crippen LogP contribution is 2.38. The Bertz CT molecular complexity index is 818. The Labute approximate surface area is 159 Å². The number of hydrogen-bond acceptors (Lipinski definition) is 4. The minimum Gasteiger partial charge on any atom is -0.364 e. The van der Waals surface area contributed by atoms with Crippen LogP contribution in [-0.4, -0.2) is 48.6 Å². The molecule has 1 saturated heterocycles. The molecular formula is C20H25N5O2. The van der Waals surface area contributed by atoms with Crippen molar-refractivity contribution >= 4 is 17.6 Å². The smallest absolute Gasteiger partial charge is 0.222 e. The number of rotatable bonds is 5. The van der Waals surface area contributed by atoms with Gasteiger partial charge in [0.15, 0.2) is 5.96 Å². The second-order valence-corrected chi connectivity index (χ2v) is 7.03. The Morgan fingerprint density at radius 1 is 1.37 bits per heavy atom. The lowest BCUT2D eigenvalue weighted by Gasteiger charge is -2.23. The van der Waals surface area contributed by atoms with Crippen molar-refractivity contribution in [3.63, 3.8) is 0 Å². The minimum absolute atomic E-state index is 0.295. The highest BCUT2D eigenvalue weighted by molar-refractivity contribution is 5.98. The summed E-state index contributed by atoms with van der Waals surface area (Å²) in [6, 6.07) is 10.3. The Kier molecular flexibility index (Phi) is 5.09. The highest BCUT2D eigenvalue weighted by atomic mass is 16.5. The minimum atomic E-state index is 0.295. The van der Waals surface area contributed by atoms with Crippen LogP contribution in [0.3, 0.4) is 0 Å². The van der Waals surface area contributed by atoms with Crippen molar-refractivity contribution < 1.29 is 9.32 Å². The van der Waals surface area contributed by atoms with E-state index in [1.165, 1.54) is 11.3 Å². The molecule has 27 heavy (non-hydrogen) atoms. The lowest BCUT2D eigenvalue weighted by atomic mass is 9.98. The van der Waals surface area contributed by atoms with Gasteiger partial charge < -0.3 is 19.6 Å². The van der Waals surface area contributed by atoms with Gasteiger partial charge in [-0.05, 0) is 24.5 Å². The number of carbonyl (C=O) groups excluding carboxylic acids is 1. The number of likely N-dealkylation sites (tertiary alicyclic amines) is 1. The van der Waals surface area contributed by atoms with Crippen LogP contribution in [0, 0.1) is 0 Å². The summed E-state index contributed by atoms with van der Waals surface area (Å²) in [7, 11) is 1.80. The van der Waals surface area contributed by atoms with Crippen molar-refractivity contribution in [2.45, 2.75) is 31.7 Å². The second kappa shape index (κ2) is 7.82. The molecular weight excluding hydrogens is 342 g/mol. The monoisotopic (exact) mass is 367 g/mol. The van der Waals surface area contributed by atoms with Crippen LogP contribution < -0.4 is 10.2 Å². The average Bonchev–Trinajstić information content (AvgIpc) is 3.42. The van der Waals surface area contributed by atoms with E-state index < -0.39 is 0 Å². The van der Waals surface area contributed by atoms with Crippen LogP contribution in [0.2, 0.25) is 0 Å². The molecule has 1 N–H and O–H groups in total. The molecule has 7 nitrogen and oxygen atoms in total. The van der Waals surface area contributed by atoms with E-state index in [4.69, 9.17) is 4.52 Å². The van der Waals surface area contributed by atoms with Crippen LogP contribution in [0.4, 0.5) is 5.69 Å². The summed E-state index contributed by atoms with van der Waals surface area (Å²) in [6.45, 7) is 3.16. The van der Waals surface area contributed by atoms with E-state index in [9.17, 15) is 4.79 Å². The number of anilines is 1. The lowest BCUT2D eigenvalue weighted by molar-refractivity contribution is -0.127. The standard InChI is InChI=1S/C20H25N5O2/c1-21-20(22-13-16-9-12-27-23-16)25-14-15(17-5-2-3-6-18(17)25)8-11-24-10-4-7-19(24)26/h2-3,5-6,9,12,15H,4,7-8,10-11,13-14H2,1H3,(H,21,22). The zero-order chi connectivity index (χ0) is 18.6. The Hall–Kier alpha value is -2.83. The van der Waals surface area contributed by atoms with Crippen molar-refractivity contribution in [1.82, 2.24) is 15.4 Å². The molecule has 4 rings (SSSR count). The molecule has 0 radical (unpaired) electrons. The molecule has 1 atom stereocenters. The van der Waals surface area contributed by atoms with Gasteiger partial charge >= 0.3 is 0 Å². The van der Waals surface area contributed by atoms with Gasteiger partial charge in [-0.2, -0.15) is 0 Å². The molecule has 1 aromatic heterocycles. The van der Waals surface area contributed by atoms with E-state index in [1.54, 1.807) is 13.3 Å². The summed E-state index contributed by atoms with van der Waals surface area (Å²) in [4.78, 5) is 20.6. The molecule has 142 valence electrons. The summed E-state index contributed by atoms with van der Waals surface area (Å²) in [6.07, 6.45) is 4.23. The maximum atomic E-state index is 11.9. The van der Waals surface area contributed by atoms with Crippen LogP contribution >= 0.6 is 0 Å².